The molecule has 2 aliphatic carbocycles. The van der Waals surface area contributed by atoms with Crippen LogP contribution in [0.5, 0.6) is 0 Å². The standard InChI is InChI=1S/C28H31N3O3S/c32-26-15-18(17-30(26)20-7-1-2-8-20)27(33)29-19-13-14-23-25(16-19)35-24-12-6-5-11-22(24)28(34)31(23)21-9-3-4-10-21/h5-6,11-14,16,18,20-21H,1-4,7-10,15,17H2,(H,29,33)/t18-/m0/s1. The monoisotopic (exact) mass is 489 g/mol. The highest BCUT2D eigenvalue weighted by molar-refractivity contribution is 7.99. The largest absolute Gasteiger partial charge is 0.339 e. The molecule has 2 aromatic rings. The van der Waals surface area contributed by atoms with Crippen molar-refractivity contribution < 1.29 is 14.4 Å². The molecule has 0 radical (unpaired) electrons. The van der Waals surface area contributed by atoms with Crippen LogP contribution in [0.3, 0.4) is 0 Å². The van der Waals surface area contributed by atoms with Crippen LogP contribution in [0.15, 0.2) is 52.3 Å². The highest BCUT2D eigenvalue weighted by Crippen LogP contribution is 2.45. The normalized spacial score (nSPS) is 22.9. The van der Waals surface area contributed by atoms with E-state index in [-0.39, 0.29) is 29.7 Å². The molecular formula is C28H31N3O3S. The van der Waals surface area contributed by atoms with Gasteiger partial charge >= 0.3 is 0 Å². The number of rotatable bonds is 4. The molecule has 2 saturated carbocycles. The minimum atomic E-state index is -0.313. The quantitative estimate of drug-likeness (QED) is 0.618. The number of hydrogen-bond acceptors (Lipinski definition) is 4. The van der Waals surface area contributed by atoms with E-state index < -0.39 is 0 Å². The molecule has 0 bridgehead atoms. The molecule has 182 valence electrons. The number of fused-ring (bicyclic) bond motifs is 2. The maximum absolute atomic E-state index is 13.6. The fraction of sp³-hybridized carbons (Fsp3) is 0.464. The molecule has 6 nitrogen and oxygen atoms in total. The highest BCUT2D eigenvalue weighted by atomic mass is 32.2. The Morgan fingerprint density at radius 1 is 0.886 bits per heavy atom. The number of hydrogen-bond donors (Lipinski definition) is 1. The van der Waals surface area contributed by atoms with Gasteiger partial charge in [0.2, 0.25) is 11.8 Å². The summed E-state index contributed by atoms with van der Waals surface area (Å²) in [5.41, 5.74) is 2.37. The van der Waals surface area contributed by atoms with Crippen LogP contribution in [-0.2, 0) is 9.59 Å². The summed E-state index contributed by atoms with van der Waals surface area (Å²) in [5, 5.41) is 3.07. The molecule has 0 aromatic heterocycles. The van der Waals surface area contributed by atoms with E-state index in [1.54, 1.807) is 11.8 Å². The first kappa shape index (κ1) is 22.7. The molecular weight excluding hydrogens is 458 g/mol. The second-order valence-corrected chi connectivity index (χ2v) is 11.4. The van der Waals surface area contributed by atoms with Crippen molar-refractivity contribution in [2.75, 3.05) is 16.8 Å². The lowest BCUT2D eigenvalue weighted by Gasteiger charge is -2.29. The van der Waals surface area contributed by atoms with Crippen LogP contribution in [0.4, 0.5) is 11.4 Å². The average Bonchev–Trinajstić information content (AvgIpc) is 3.62. The highest BCUT2D eigenvalue weighted by Gasteiger charge is 2.39. The summed E-state index contributed by atoms with van der Waals surface area (Å²) in [6.45, 7) is 0.520. The van der Waals surface area contributed by atoms with E-state index in [2.05, 4.69) is 5.32 Å². The van der Waals surface area contributed by atoms with Crippen molar-refractivity contribution >= 4 is 40.9 Å². The number of anilines is 2. The molecule has 0 unspecified atom stereocenters. The van der Waals surface area contributed by atoms with Crippen LogP contribution < -0.4 is 10.2 Å². The minimum Gasteiger partial charge on any atom is -0.339 e. The molecule has 2 aromatic carbocycles. The Balaban J connectivity index is 1.25. The van der Waals surface area contributed by atoms with Gasteiger partial charge in [-0.1, -0.05) is 49.6 Å². The summed E-state index contributed by atoms with van der Waals surface area (Å²) < 4.78 is 0. The molecule has 2 heterocycles. The summed E-state index contributed by atoms with van der Waals surface area (Å²) in [7, 11) is 0. The van der Waals surface area contributed by atoms with Gasteiger partial charge in [-0.05, 0) is 56.0 Å². The van der Waals surface area contributed by atoms with Gasteiger partial charge in [0.15, 0.2) is 0 Å². The molecule has 6 rings (SSSR count). The van der Waals surface area contributed by atoms with Gasteiger partial charge in [-0.15, -0.1) is 0 Å². The second-order valence-electron chi connectivity index (χ2n) is 10.3. The Labute approximate surface area is 210 Å². The molecule has 2 aliphatic heterocycles. The Morgan fingerprint density at radius 2 is 1.60 bits per heavy atom. The molecule has 7 heteroatoms. The molecule has 3 fully saturated rings. The predicted octanol–water partition coefficient (Wildman–Crippen LogP) is 5.47. The van der Waals surface area contributed by atoms with Crippen LogP contribution in [0, 0.1) is 5.92 Å². The number of carbonyl (C=O) groups is 3. The van der Waals surface area contributed by atoms with Crippen molar-refractivity contribution in [1.29, 1.82) is 0 Å². The first-order valence-corrected chi connectivity index (χ1v) is 13.7. The summed E-state index contributed by atoms with van der Waals surface area (Å²) in [6.07, 6.45) is 9.06. The number of nitrogens with zero attached hydrogens (tertiary/aromatic N) is 2. The molecule has 0 spiro atoms. The third kappa shape index (κ3) is 4.24. The number of amides is 3. The lowest BCUT2D eigenvalue weighted by Crippen LogP contribution is -2.39. The lowest BCUT2D eigenvalue weighted by molar-refractivity contribution is -0.129. The summed E-state index contributed by atoms with van der Waals surface area (Å²) in [6, 6.07) is 14.2. The Bertz CT molecular complexity index is 1170. The van der Waals surface area contributed by atoms with Crippen molar-refractivity contribution in [2.24, 2.45) is 5.92 Å². The molecule has 1 atom stereocenters. The first-order chi connectivity index (χ1) is 17.1. The Hall–Kier alpha value is -2.80. The van der Waals surface area contributed by atoms with Crippen LogP contribution in [0.2, 0.25) is 0 Å². The number of benzene rings is 2. The zero-order valence-corrected chi connectivity index (χ0v) is 20.7. The van der Waals surface area contributed by atoms with Crippen LogP contribution in [-0.4, -0.2) is 41.2 Å². The van der Waals surface area contributed by atoms with Crippen molar-refractivity contribution in [3.8, 4) is 0 Å². The third-order valence-electron chi connectivity index (χ3n) is 8.03. The van der Waals surface area contributed by atoms with Crippen molar-refractivity contribution in [1.82, 2.24) is 4.90 Å². The van der Waals surface area contributed by atoms with Crippen LogP contribution >= 0.6 is 11.8 Å². The van der Waals surface area contributed by atoms with Crippen molar-refractivity contribution in [2.45, 2.75) is 79.7 Å². The zero-order chi connectivity index (χ0) is 23.9. The molecule has 35 heavy (non-hydrogen) atoms. The minimum absolute atomic E-state index is 0.0620. The maximum Gasteiger partial charge on any atom is 0.259 e. The number of likely N-dealkylation sites (tertiary alicyclic amines) is 1. The fourth-order valence-corrected chi connectivity index (χ4v) is 7.31. The molecule has 1 saturated heterocycles. The van der Waals surface area contributed by atoms with Gasteiger partial charge in [-0.3, -0.25) is 14.4 Å². The van der Waals surface area contributed by atoms with E-state index in [9.17, 15) is 14.4 Å². The maximum atomic E-state index is 13.6. The molecule has 3 amide bonds. The van der Waals surface area contributed by atoms with E-state index in [1.165, 1.54) is 12.8 Å². The smallest absolute Gasteiger partial charge is 0.259 e. The predicted molar refractivity (Wildman–Crippen MR) is 137 cm³/mol. The van der Waals surface area contributed by atoms with E-state index in [4.69, 9.17) is 0 Å². The van der Waals surface area contributed by atoms with E-state index in [0.717, 1.165) is 59.6 Å². The summed E-state index contributed by atoms with van der Waals surface area (Å²) in [5.74, 6) is -0.239. The fourth-order valence-electron chi connectivity index (χ4n) is 6.21. The van der Waals surface area contributed by atoms with Gasteiger partial charge in [-0.25, -0.2) is 0 Å². The van der Waals surface area contributed by atoms with E-state index in [0.29, 0.717) is 24.7 Å². The van der Waals surface area contributed by atoms with Gasteiger partial charge in [-0.2, -0.15) is 0 Å². The van der Waals surface area contributed by atoms with Crippen molar-refractivity contribution in [3.05, 3.63) is 48.0 Å². The van der Waals surface area contributed by atoms with Gasteiger partial charge in [0.1, 0.15) is 0 Å². The van der Waals surface area contributed by atoms with Gasteiger partial charge in [0.25, 0.3) is 5.91 Å². The lowest BCUT2D eigenvalue weighted by atomic mass is 10.1. The molecule has 4 aliphatic rings. The Kier molecular flexibility index (Phi) is 6.04. The Morgan fingerprint density at radius 3 is 2.37 bits per heavy atom. The van der Waals surface area contributed by atoms with Crippen molar-refractivity contribution in [3.63, 3.8) is 0 Å². The first-order valence-electron chi connectivity index (χ1n) is 12.9. The second kappa shape index (κ2) is 9.34. The van der Waals surface area contributed by atoms with Gasteiger partial charge in [0, 0.05) is 40.5 Å². The van der Waals surface area contributed by atoms with Crippen LogP contribution in [0.25, 0.3) is 0 Å². The number of carbonyl (C=O) groups excluding carboxylic acids is 3. The average molecular weight is 490 g/mol. The topological polar surface area (TPSA) is 69.7 Å². The summed E-state index contributed by atoms with van der Waals surface area (Å²) in [4.78, 5) is 45.1. The third-order valence-corrected chi connectivity index (χ3v) is 9.15. The number of nitrogens with one attached hydrogen (secondary N) is 1. The van der Waals surface area contributed by atoms with Gasteiger partial charge < -0.3 is 15.1 Å². The molecule has 1 N–H and O–H groups in total. The van der Waals surface area contributed by atoms with E-state index >= 15 is 0 Å². The summed E-state index contributed by atoms with van der Waals surface area (Å²) >= 11 is 1.58. The van der Waals surface area contributed by atoms with E-state index in [1.807, 2.05) is 52.3 Å². The SMILES string of the molecule is O=C(Nc1ccc2c(c1)Sc1ccccc1C(=O)N2C1CCCC1)[C@H]1CC(=O)N(C2CCCC2)C1. The zero-order valence-electron chi connectivity index (χ0n) is 19.9. The van der Waals surface area contributed by atoms with Crippen LogP contribution in [0.1, 0.15) is 68.1 Å². The van der Waals surface area contributed by atoms with Gasteiger partial charge in [0.05, 0.1) is 17.2 Å².